The largest absolute Gasteiger partial charge is 0.409 e. The molecule has 0 spiro atoms. The molecule has 0 aliphatic rings. The number of rotatable bonds is 3. The highest BCUT2D eigenvalue weighted by molar-refractivity contribution is 6.33. The smallest absolute Gasteiger partial charge is 0.237 e. The molecule has 0 aromatic heterocycles. The molecular formula is C11H13ClFN3O2. The summed E-state index contributed by atoms with van der Waals surface area (Å²) in [6, 6.07) is 3.57. The van der Waals surface area contributed by atoms with Crippen molar-refractivity contribution in [2.75, 3.05) is 5.32 Å². The summed E-state index contributed by atoms with van der Waals surface area (Å²) in [6.07, 6.45) is 0. The molecule has 98 valence electrons. The topological polar surface area (TPSA) is 87.7 Å². The van der Waals surface area contributed by atoms with Crippen molar-refractivity contribution in [3.8, 4) is 0 Å². The molecule has 0 atom stereocenters. The van der Waals surface area contributed by atoms with Crippen LogP contribution in [0.3, 0.4) is 0 Å². The number of carbonyl (C=O) groups excluding carboxylic acids is 1. The van der Waals surface area contributed by atoms with E-state index in [1.807, 2.05) is 0 Å². The van der Waals surface area contributed by atoms with Gasteiger partial charge in [-0.05, 0) is 32.0 Å². The highest BCUT2D eigenvalue weighted by Crippen LogP contribution is 2.25. The van der Waals surface area contributed by atoms with Crippen LogP contribution in [0.2, 0.25) is 5.02 Å². The first-order valence-electron chi connectivity index (χ1n) is 5.03. The van der Waals surface area contributed by atoms with Crippen LogP contribution in [-0.2, 0) is 4.79 Å². The molecule has 18 heavy (non-hydrogen) atoms. The molecule has 0 saturated heterocycles. The molecule has 0 radical (unpaired) electrons. The first-order valence-corrected chi connectivity index (χ1v) is 5.41. The predicted molar refractivity (Wildman–Crippen MR) is 67.2 cm³/mol. The van der Waals surface area contributed by atoms with Gasteiger partial charge in [-0.25, -0.2) is 4.39 Å². The zero-order valence-corrected chi connectivity index (χ0v) is 10.6. The van der Waals surface area contributed by atoms with Gasteiger partial charge in [-0.2, -0.15) is 0 Å². The number of halogens is 2. The minimum atomic E-state index is -1.22. The van der Waals surface area contributed by atoms with Gasteiger partial charge in [0.25, 0.3) is 0 Å². The minimum absolute atomic E-state index is 0.0682. The SMILES string of the molecule is CC(C)(C(=O)Nc1ccc(F)cc1Cl)C(N)=NO. The second-order valence-corrected chi connectivity index (χ2v) is 4.60. The maximum absolute atomic E-state index is 12.8. The van der Waals surface area contributed by atoms with Gasteiger partial charge < -0.3 is 16.3 Å². The van der Waals surface area contributed by atoms with Crippen molar-refractivity contribution in [1.82, 2.24) is 0 Å². The fourth-order valence-electron chi connectivity index (χ4n) is 1.11. The Morgan fingerprint density at radius 3 is 2.67 bits per heavy atom. The molecule has 0 heterocycles. The van der Waals surface area contributed by atoms with Crippen LogP contribution in [0, 0.1) is 11.2 Å². The summed E-state index contributed by atoms with van der Waals surface area (Å²) in [5.41, 5.74) is 4.45. The van der Waals surface area contributed by atoms with Gasteiger partial charge in [-0.3, -0.25) is 4.79 Å². The van der Waals surface area contributed by atoms with E-state index in [4.69, 9.17) is 22.5 Å². The van der Waals surface area contributed by atoms with E-state index in [1.165, 1.54) is 19.9 Å². The summed E-state index contributed by atoms with van der Waals surface area (Å²) in [7, 11) is 0. The molecule has 7 heteroatoms. The van der Waals surface area contributed by atoms with E-state index in [0.29, 0.717) is 0 Å². The van der Waals surface area contributed by atoms with Crippen LogP contribution >= 0.6 is 11.6 Å². The van der Waals surface area contributed by atoms with Crippen LogP contribution in [0.25, 0.3) is 0 Å². The number of oxime groups is 1. The molecule has 0 unspecified atom stereocenters. The Morgan fingerprint density at radius 1 is 1.56 bits per heavy atom. The van der Waals surface area contributed by atoms with Gasteiger partial charge in [0.1, 0.15) is 11.2 Å². The van der Waals surface area contributed by atoms with Crippen LogP contribution in [0.4, 0.5) is 10.1 Å². The number of nitrogens with two attached hydrogens (primary N) is 1. The van der Waals surface area contributed by atoms with Crippen LogP contribution in [-0.4, -0.2) is 17.0 Å². The van der Waals surface area contributed by atoms with Gasteiger partial charge in [0.2, 0.25) is 5.91 Å². The van der Waals surface area contributed by atoms with E-state index < -0.39 is 17.1 Å². The lowest BCUT2D eigenvalue weighted by atomic mass is 9.91. The Bertz CT molecular complexity index is 503. The number of carbonyl (C=O) groups is 1. The summed E-state index contributed by atoms with van der Waals surface area (Å²) in [4.78, 5) is 11.9. The Labute approximate surface area is 108 Å². The molecule has 4 N–H and O–H groups in total. The third-order valence-electron chi connectivity index (χ3n) is 2.50. The average molecular weight is 274 g/mol. The molecule has 1 aromatic rings. The molecule has 0 aliphatic carbocycles. The van der Waals surface area contributed by atoms with Crippen LogP contribution < -0.4 is 11.1 Å². The third-order valence-corrected chi connectivity index (χ3v) is 2.81. The lowest BCUT2D eigenvalue weighted by Gasteiger charge is -2.22. The van der Waals surface area contributed by atoms with Crippen molar-refractivity contribution in [2.24, 2.45) is 16.3 Å². The zero-order chi connectivity index (χ0) is 13.9. The quantitative estimate of drug-likeness (QED) is 0.341. The van der Waals surface area contributed by atoms with E-state index in [2.05, 4.69) is 10.5 Å². The maximum Gasteiger partial charge on any atom is 0.237 e. The van der Waals surface area contributed by atoms with E-state index in [-0.39, 0.29) is 16.5 Å². The number of hydrogen-bond acceptors (Lipinski definition) is 3. The molecule has 0 aliphatic heterocycles. The Kier molecular flexibility index (Phi) is 4.13. The molecule has 1 amide bonds. The molecule has 1 rings (SSSR count). The van der Waals surface area contributed by atoms with Crippen molar-refractivity contribution in [1.29, 1.82) is 0 Å². The lowest BCUT2D eigenvalue weighted by molar-refractivity contribution is -0.121. The number of nitrogens with zero attached hydrogens (tertiary/aromatic N) is 1. The molecule has 0 saturated carbocycles. The normalized spacial score (nSPS) is 12.3. The van der Waals surface area contributed by atoms with Crippen molar-refractivity contribution in [3.63, 3.8) is 0 Å². The maximum atomic E-state index is 12.8. The number of amides is 1. The average Bonchev–Trinajstić information content (AvgIpc) is 2.31. The minimum Gasteiger partial charge on any atom is -0.409 e. The summed E-state index contributed by atoms with van der Waals surface area (Å²) >= 11 is 5.77. The predicted octanol–water partition coefficient (Wildman–Crippen LogP) is 2.19. The fourth-order valence-corrected chi connectivity index (χ4v) is 1.33. The summed E-state index contributed by atoms with van der Waals surface area (Å²) in [6.45, 7) is 2.96. The molecule has 0 bridgehead atoms. The summed E-state index contributed by atoms with van der Waals surface area (Å²) in [5, 5.41) is 13.9. The summed E-state index contributed by atoms with van der Waals surface area (Å²) in [5.74, 6) is -1.27. The van der Waals surface area contributed by atoms with Gasteiger partial charge in [-0.15, -0.1) is 0 Å². The number of anilines is 1. The molecule has 1 aromatic carbocycles. The van der Waals surface area contributed by atoms with Gasteiger partial charge in [0, 0.05) is 0 Å². The lowest BCUT2D eigenvalue weighted by Crippen LogP contribution is -2.42. The van der Waals surface area contributed by atoms with Gasteiger partial charge >= 0.3 is 0 Å². The first kappa shape index (κ1) is 14.2. The molecule has 5 nitrogen and oxygen atoms in total. The van der Waals surface area contributed by atoms with E-state index in [9.17, 15) is 9.18 Å². The fraction of sp³-hybridized carbons (Fsp3) is 0.273. The van der Waals surface area contributed by atoms with Gasteiger partial charge in [-0.1, -0.05) is 16.8 Å². The van der Waals surface area contributed by atoms with Crippen molar-refractivity contribution in [3.05, 3.63) is 29.0 Å². The van der Waals surface area contributed by atoms with Crippen LogP contribution in [0.15, 0.2) is 23.4 Å². The highest BCUT2D eigenvalue weighted by atomic mass is 35.5. The number of amidine groups is 1. The third kappa shape index (κ3) is 2.89. The van der Waals surface area contributed by atoms with Crippen LogP contribution in [0.1, 0.15) is 13.8 Å². The van der Waals surface area contributed by atoms with E-state index in [0.717, 1.165) is 12.1 Å². The van der Waals surface area contributed by atoms with Crippen LogP contribution in [0.5, 0.6) is 0 Å². The van der Waals surface area contributed by atoms with E-state index >= 15 is 0 Å². The first-order chi connectivity index (χ1) is 8.28. The second-order valence-electron chi connectivity index (χ2n) is 4.19. The molecular weight excluding hydrogens is 261 g/mol. The van der Waals surface area contributed by atoms with Crippen molar-refractivity contribution < 1.29 is 14.4 Å². The monoisotopic (exact) mass is 273 g/mol. The summed E-state index contributed by atoms with van der Waals surface area (Å²) < 4.78 is 12.8. The van der Waals surface area contributed by atoms with Gasteiger partial charge in [0.05, 0.1) is 10.7 Å². The van der Waals surface area contributed by atoms with Crippen molar-refractivity contribution >= 4 is 29.0 Å². The highest BCUT2D eigenvalue weighted by Gasteiger charge is 2.33. The Morgan fingerprint density at radius 2 is 2.17 bits per heavy atom. The Balaban J connectivity index is 2.95. The molecule has 0 fully saturated rings. The Hall–Kier alpha value is -1.82. The van der Waals surface area contributed by atoms with E-state index in [1.54, 1.807) is 0 Å². The number of benzene rings is 1. The number of nitrogens with one attached hydrogen (secondary N) is 1. The van der Waals surface area contributed by atoms with Crippen molar-refractivity contribution in [2.45, 2.75) is 13.8 Å². The number of hydrogen-bond donors (Lipinski definition) is 3. The van der Waals surface area contributed by atoms with Gasteiger partial charge in [0.15, 0.2) is 5.84 Å². The zero-order valence-electron chi connectivity index (χ0n) is 9.87. The standard InChI is InChI=1S/C11H13ClFN3O2/c1-11(2,9(14)16-18)10(17)15-8-4-3-6(13)5-7(8)12/h3-5,18H,1-2H3,(H2,14,16)(H,15,17). The second kappa shape index (κ2) is 5.22.